The molecule has 3 nitrogen and oxygen atoms in total. The summed E-state index contributed by atoms with van der Waals surface area (Å²) in [5.41, 5.74) is 0.766. The van der Waals surface area contributed by atoms with E-state index in [0.29, 0.717) is 0 Å². The highest BCUT2D eigenvalue weighted by Crippen LogP contribution is 2.14. The number of aromatic nitrogens is 2. The van der Waals surface area contributed by atoms with Crippen LogP contribution >= 0.6 is 15.9 Å². The van der Waals surface area contributed by atoms with Gasteiger partial charge in [0.05, 0.1) is 5.69 Å². The van der Waals surface area contributed by atoms with Gasteiger partial charge in [-0.1, -0.05) is 0 Å². The molecule has 8 heavy (non-hydrogen) atoms. The zero-order valence-corrected chi connectivity index (χ0v) is 5.86. The Bertz CT molecular complexity index is 176. The summed E-state index contributed by atoms with van der Waals surface area (Å²) >= 11 is 3.14. The molecule has 0 bridgehead atoms. The first-order valence-corrected chi connectivity index (χ1v) is 2.90. The van der Waals surface area contributed by atoms with Crippen molar-refractivity contribution in [2.24, 2.45) is 0 Å². The van der Waals surface area contributed by atoms with E-state index in [1.165, 1.54) is 0 Å². The first-order chi connectivity index (χ1) is 3.70. The molecule has 1 aromatic heterocycles. The van der Waals surface area contributed by atoms with Crippen molar-refractivity contribution in [1.82, 2.24) is 9.97 Å². The first kappa shape index (κ1) is 5.62. The van der Waals surface area contributed by atoms with Crippen LogP contribution in [0.25, 0.3) is 0 Å². The monoisotopic (exact) mass is 176 g/mol. The van der Waals surface area contributed by atoms with Crippen molar-refractivity contribution in [2.45, 2.75) is 6.92 Å². The molecule has 1 aromatic rings. The Balaban J connectivity index is 3.14. The number of aryl methyl sites for hydroxylation is 1. The van der Waals surface area contributed by atoms with Gasteiger partial charge in [-0.3, -0.25) is 0 Å². The number of rotatable bonds is 0. The molecule has 0 spiro atoms. The highest BCUT2D eigenvalue weighted by molar-refractivity contribution is 9.10. The first-order valence-electron chi connectivity index (χ1n) is 2.11. The van der Waals surface area contributed by atoms with Crippen LogP contribution in [0.3, 0.4) is 0 Å². The fraction of sp³-hybridized carbons (Fsp3) is 0.250. The molecule has 4 heteroatoms. The quantitative estimate of drug-likeness (QED) is 0.625. The lowest BCUT2D eigenvalue weighted by Crippen LogP contribution is -1.66. The van der Waals surface area contributed by atoms with E-state index in [4.69, 9.17) is 5.11 Å². The van der Waals surface area contributed by atoms with Gasteiger partial charge >= 0.3 is 0 Å². The van der Waals surface area contributed by atoms with Gasteiger partial charge in [-0.2, -0.15) is 4.98 Å². The maximum atomic E-state index is 8.64. The van der Waals surface area contributed by atoms with E-state index in [1.54, 1.807) is 6.92 Å². The molecular weight excluding hydrogens is 172 g/mol. The fourth-order valence-corrected chi connectivity index (χ4v) is 0.690. The molecule has 44 valence electrons. The molecule has 0 atom stereocenters. The Hall–Kier alpha value is -0.510. The molecule has 1 rings (SSSR count). The highest BCUT2D eigenvalue weighted by atomic mass is 79.9. The molecule has 0 radical (unpaired) electrons. The van der Waals surface area contributed by atoms with Crippen LogP contribution in [0.15, 0.2) is 4.60 Å². The van der Waals surface area contributed by atoms with Crippen LogP contribution in [-0.4, -0.2) is 15.1 Å². The molecule has 0 aliphatic carbocycles. The van der Waals surface area contributed by atoms with Gasteiger partial charge in [-0.25, -0.2) is 0 Å². The van der Waals surface area contributed by atoms with Crippen LogP contribution in [-0.2, 0) is 0 Å². The second kappa shape index (κ2) is 1.78. The SMILES string of the molecule is Cc1nc(O)[nH]c1Br. The summed E-state index contributed by atoms with van der Waals surface area (Å²) in [6.45, 7) is 1.79. The topological polar surface area (TPSA) is 48.9 Å². The van der Waals surface area contributed by atoms with E-state index in [0.717, 1.165) is 10.3 Å². The third-order valence-electron chi connectivity index (χ3n) is 0.813. The van der Waals surface area contributed by atoms with E-state index in [1.807, 2.05) is 0 Å². The Morgan fingerprint density at radius 3 is 2.50 bits per heavy atom. The average molecular weight is 177 g/mol. The van der Waals surface area contributed by atoms with Gasteiger partial charge in [0.25, 0.3) is 6.01 Å². The summed E-state index contributed by atoms with van der Waals surface area (Å²) in [5, 5.41) is 8.64. The molecule has 0 aliphatic rings. The Kier molecular flexibility index (Phi) is 1.25. The number of hydrogen-bond acceptors (Lipinski definition) is 2. The minimum atomic E-state index is -0.0469. The predicted octanol–water partition coefficient (Wildman–Crippen LogP) is 1.19. The third kappa shape index (κ3) is 0.838. The number of halogens is 1. The second-order valence-corrected chi connectivity index (χ2v) is 2.25. The molecule has 0 unspecified atom stereocenters. The van der Waals surface area contributed by atoms with Gasteiger partial charge in [0.2, 0.25) is 0 Å². The number of aromatic hydroxyl groups is 1. The van der Waals surface area contributed by atoms with E-state index in [9.17, 15) is 0 Å². The van der Waals surface area contributed by atoms with Crippen LogP contribution in [0.4, 0.5) is 0 Å². The molecule has 0 aromatic carbocycles. The molecule has 0 amide bonds. The zero-order valence-electron chi connectivity index (χ0n) is 4.27. The summed E-state index contributed by atoms with van der Waals surface area (Å²) in [7, 11) is 0. The molecule has 2 N–H and O–H groups in total. The zero-order chi connectivity index (χ0) is 6.15. The smallest absolute Gasteiger partial charge is 0.292 e. The summed E-state index contributed by atoms with van der Waals surface area (Å²) in [6, 6.07) is -0.0469. The minimum Gasteiger partial charge on any atom is -0.480 e. The van der Waals surface area contributed by atoms with Gasteiger partial charge in [-0.05, 0) is 22.9 Å². The summed E-state index contributed by atoms with van der Waals surface area (Å²) in [4.78, 5) is 6.23. The number of aromatic amines is 1. The maximum Gasteiger partial charge on any atom is 0.292 e. The number of hydrogen-bond donors (Lipinski definition) is 2. The van der Waals surface area contributed by atoms with Crippen molar-refractivity contribution in [1.29, 1.82) is 0 Å². The van der Waals surface area contributed by atoms with Crippen LogP contribution in [0.2, 0.25) is 0 Å². The van der Waals surface area contributed by atoms with Crippen LogP contribution in [0.1, 0.15) is 5.69 Å². The summed E-state index contributed by atoms with van der Waals surface area (Å²) in [6.07, 6.45) is 0. The summed E-state index contributed by atoms with van der Waals surface area (Å²) in [5.74, 6) is 0. The van der Waals surface area contributed by atoms with E-state index >= 15 is 0 Å². The number of imidazole rings is 1. The van der Waals surface area contributed by atoms with Gasteiger partial charge in [-0.15, -0.1) is 0 Å². The maximum absolute atomic E-state index is 8.64. The predicted molar refractivity (Wildman–Crippen MR) is 32.7 cm³/mol. The molecule has 1 heterocycles. The average Bonchev–Trinajstić information content (AvgIpc) is 1.85. The molecule has 0 aliphatic heterocycles. The van der Waals surface area contributed by atoms with Crippen molar-refractivity contribution < 1.29 is 5.11 Å². The lowest BCUT2D eigenvalue weighted by molar-refractivity contribution is 0.435. The van der Waals surface area contributed by atoms with Crippen molar-refractivity contribution in [3.63, 3.8) is 0 Å². The minimum absolute atomic E-state index is 0.0469. The van der Waals surface area contributed by atoms with Crippen LogP contribution < -0.4 is 0 Å². The highest BCUT2D eigenvalue weighted by Gasteiger charge is 1.98. The number of nitrogens with one attached hydrogen (secondary N) is 1. The standard InChI is InChI=1S/C4H5BrN2O/c1-2-3(5)7-4(8)6-2/h1H3,(H2,6,7,8). The number of H-pyrrole nitrogens is 1. The van der Waals surface area contributed by atoms with Crippen molar-refractivity contribution in [3.05, 3.63) is 10.3 Å². The number of nitrogens with zero attached hydrogens (tertiary/aromatic N) is 1. The third-order valence-corrected chi connectivity index (χ3v) is 1.58. The fourth-order valence-electron chi connectivity index (χ4n) is 0.424. The van der Waals surface area contributed by atoms with Gasteiger partial charge in [0.15, 0.2) is 0 Å². The van der Waals surface area contributed by atoms with Crippen LogP contribution in [0, 0.1) is 6.92 Å². The van der Waals surface area contributed by atoms with E-state index < -0.39 is 0 Å². The van der Waals surface area contributed by atoms with Gasteiger partial charge in [0, 0.05) is 0 Å². The summed E-state index contributed by atoms with van der Waals surface area (Å²) < 4.78 is 0.731. The lowest BCUT2D eigenvalue weighted by atomic mass is 10.6. The largest absolute Gasteiger partial charge is 0.480 e. The van der Waals surface area contributed by atoms with Crippen molar-refractivity contribution in [2.75, 3.05) is 0 Å². The van der Waals surface area contributed by atoms with Crippen molar-refractivity contribution >= 4 is 15.9 Å². The second-order valence-electron chi connectivity index (χ2n) is 1.46. The van der Waals surface area contributed by atoms with E-state index in [-0.39, 0.29) is 6.01 Å². The lowest BCUT2D eigenvalue weighted by Gasteiger charge is -1.75. The molecular formula is C4H5BrN2O. The molecule has 0 saturated carbocycles. The Morgan fingerprint density at radius 1 is 1.75 bits per heavy atom. The Labute approximate surface area is 54.9 Å². The van der Waals surface area contributed by atoms with Gasteiger partial charge in [0.1, 0.15) is 4.60 Å². The van der Waals surface area contributed by atoms with Gasteiger partial charge < -0.3 is 10.1 Å². The van der Waals surface area contributed by atoms with E-state index in [2.05, 4.69) is 25.9 Å². The van der Waals surface area contributed by atoms with Crippen molar-refractivity contribution in [3.8, 4) is 6.01 Å². The Morgan fingerprint density at radius 2 is 2.38 bits per heavy atom. The normalized spacial score (nSPS) is 9.75. The molecule has 0 fully saturated rings. The van der Waals surface area contributed by atoms with Crippen LogP contribution in [0.5, 0.6) is 6.01 Å². The molecule has 0 saturated heterocycles.